The molecular weight excluding hydrogens is 372 g/mol. The Morgan fingerprint density at radius 1 is 1.07 bits per heavy atom. The SMILES string of the molecule is Cc1nc(Nc2ccc(NC(=O)c3cnoc3C)cc2)cc(N2CCOCC2)n1. The summed E-state index contributed by atoms with van der Waals surface area (Å²) in [6.07, 6.45) is 1.41. The summed E-state index contributed by atoms with van der Waals surface area (Å²) < 4.78 is 10.3. The number of hydrogen-bond donors (Lipinski definition) is 2. The Morgan fingerprint density at radius 2 is 1.79 bits per heavy atom. The van der Waals surface area contributed by atoms with Gasteiger partial charge in [0, 0.05) is 30.5 Å². The Kier molecular flexibility index (Phi) is 5.39. The molecule has 4 rings (SSSR count). The summed E-state index contributed by atoms with van der Waals surface area (Å²) in [4.78, 5) is 23.4. The van der Waals surface area contributed by atoms with Gasteiger partial charge in [0.15, 0.2) is 0 Å². The van der Waals surface area contributed by atoms with Gasteiger partial charge < -0.3 is 24.8 Å². The van der Waals surface area contributed by atoms with E-state index in [2.05, 4.69) is 30.7 Å². The molecule has 1 aliphatic rings. The van der Waals surface area contributed by atoms with Crippen molar-refractivity contribution >= 4 is 28.9 Å². The minimum atomic E-state index is -0.258. The molecule has 29 heavy (non-hydrogen) atoms. The largest absolute Gasteiger partial charge is 0.378 e. The fraction of sp³-hybridized carbons (Fsp3) is 0.300. The minimum absolute atomic E-state index is 0.258. The second-order valence-corrected chi connectivity index (χ2v) is 6.71. The van der Waals surface area contributed by atoms with Gasteiger partial charge in [-0.15, -0.1) is 0 Å². The summed E-state index contributed by atoms with van der Waals surface area (Å²) in [6, 6.07) is 9.33. The summed E-state index contributed by atoms with van der Waals surface area (Å²) in [5.74, 6) is 2.53. The Balaban J connectivity index is 1.44. The van der Waals surface area contributed by atoms with Crippen LogP contribution < -0.4 is 15.5 Å². The van der Waals surface area contributed by atoms with E-state index in [9.17, 15) is 4.79 Å². The average Bonchev–Trinajstić information content (AvgIpc) is 3.16. The van der Waals surface area contributed by atoms with Gasteiger partial charge in [0.2, 0.25) is 0 Å². The molecule has 9 heteroatoms. The number of carbonyl (C=O) groups excluding carboxylic acids is 1. The Labute approximate surface area is 168 Å². The molecule has 0 saturated carbocycles. The zero-order valence-electron chi connectivity index (χ0n) is 16.3. The summed E-state index contributed by atoms with van der Waals surface area (Å²) in [5, 5.41) is 9.75. The van der Waals surface area contributed by atoms with Crippen LogP contribution >= 0.6 is 0 Å². The van der Waals surface area contributed by atoms with Crippen LogP contribution in [0.15, 0.2) is 41.1 Å². The number of aryl methyl sites for hydroxylation is 2. The lowest BCUT2D eigenvalue weighted by Gasteiger charge is -2.28. The predicted octanol–water partition coefficient (Wildman–Crippen LogP) is 2.91. The molecule has 0 aliphatic carbocycles. The van der Waals surface area contributed by atoms with Crippen LogP contribution in [0.25, 0.3) is 0 Å². The summed E-state index contributed by atoms with van der Waals surface area (Å²) in [6.45, 7) is 6.61. The fourth-order valence-electron chi connectivity index (χ4n) is 3.07. The van der Waals surface area contributed by atoms with Crippen molar-refractivity contribution < 1.29 is 14.1 Å². The van der Waals surface area contributed by atoms with E-state index in [0.717, 1.165) is 30.4 Å². The molecule has 1 aromatic carbocycles. The number of aromatic nitrogens is 3. The van der Waals surface area contributed by atoms with Gasteiger partial charge in [0.25, 0.3) is 5.91 Å². The van der Waals surface area contributed by atoms with Gasteiger partial charge in [-0.05, 0) is 38.1 Å². The number of hydrogen-bond acceptors (Lipinski definition) is 8. The Bertz CT molecular complexity index is 996. The topological polar surface area (TPSA) is 105 Å². The van der Waals surface area contributed by atoms with Crippen LogP contribution in [0.2, 0.25) is 0 Å². The number of nitrogens with zero attached hydrogens (tertiary/aromatic N) is 4. The molecule has 1 aliphatic heterocycles. The van der Waals surface area contributed by atoms with Crippen molar-refractivity contribution in [3.05, 3.63) is 53.7 Å². The summed E-state index contributed by atoms with van der Waals surface area (Å²) in [5.41, 5.74) is 1.95. The Morgan fingerprint density at radius 3 is 2.48 bits per heavy atom. The molecular formula is C20H22N6O3. The van der Waals surface area contributed by atoms with Crippen molar-refractivity contribution in [3.63, 3.8) is 0 Å². The molecule has 0 radical (unpaired) electrons. The smallest absolute Gasteiger partial charge is 0.260 e. The number of amides is 1. The first-order valence-electron chi connectivity index (χ1n) is 9.36. The summed E-state index contributed by atoms with van der Waals surface area (Å²) in [7, 11) is 0. The normalized spacial score (nSPS) is 13.9. The number of anilines is 4. The van der Waals surface area contributed by atoms with E-state index in [1.165, 1.54) is 6.20 Å². The Hall–Kier alpha value is -3.46. The van der Waals surface area contributed by atoms with Crippen LogP contribution in [-0.4, -0.2) is 47.3 Å². The molecule has 1 amide bonds. The molecule has 2 aromatic heterocycles. The van der Waals surface area contributed by atoms with Crippen molar-refractivity contribution in [3.8, 4) is 0 Å². The van der Waals surface area contributed by atoms with Gasteiger partial charge in [-0.2, -0.15) is 0 Å². The van der Waals surface area contributed by atoms with Crippen molar-refractivity contribution in [1.29, 1.82) is 0 Å². The van der Waals surface area contributed by atoms with Crippen molar-refractivity contribution in [1.82, 2.24) is 15.1 Å². The fourth-order valence-corrected chi connectivity index (χ4v) is 3.07. The molecule has 3 heterocycles. The first-order valence-corrected chi connectivity index (χ1v) is 9.36. The standard InChI is InChI=1S/C20H22N6O3/c1-13-17(12-21-29-13)20(27)25-16-5-3-15(4-6-16)24-18-11-19(23-14(2)22-18)26-7-9-28-10-8-26/h3-6,11-12H,7-10H2,1-2H3,(H,25,27)(H,22,23,24). The lowest BCUT2D eigenvalue weighted by molar-refractivity contribution is 0.102. The number of carbonyl (C=O) groups is 1. The molecule has 0 atom stereocenters. The van der Waals surface area contributed by atoms with Crippen LogP contribution in [0.3, 0.4) is 0 Å². The van der Waals surface area contributed by atoms with Crippen molar-refractivity contribution in [2.24, 2.45) is 0 Å². The van der Waals surface area contributed by atoms with E-state index in [1.54, 1.807) is 6.92 Å². The highest BCUT2D eigenvalue weighted by Crippen LogP contribution is 2.22. The maximum atomic E-state index is 12.2. The zero-order chi connectivity index (χ0) is 20.2. The second-order valence-electron chi connectivity index (χ2n) is 6.71. The number of nitrogens with one attached hydrogen (secondary N) is 2. The van der Waals surface area contributed by atoms with E-state index in [-0.39, 0.29) is 5.91 Å². The quantitative estimate of drug-likeness (QED) is 0.680. The molecule has 9 nitrogen and oxygen atoms in total. The monoisotopic (exact) mass is 394 g/mol. The third-order valence-electron chi connectivity index (χ3n) is 4.57. The third kappa shape index (κ3) is 4.52. The highest BCUT2D eigenvalue weighted by molar-refractivity contribution is 6.04. The van der Waals surface area contributed by atoms with Crippen molar-refractivity contribution in [2.45, 2.75) is 13.8 Å². The molecule has 2 N–H and O–H groups in total. The highest BCUT2D eigenvalue weighted by Gasteiger charge is 2.15. The maximum absolute atomic E-state index is 12.2. The van der Waals surface area contributed by atoms with Gasteiger partial charge in [-0.25, -0.2) is 9.97 Å². The second kappa shape index (κ2) is 8.27. The number of ether oxygens (including phenoxy) is 1. The number of morpholine rings is 1. The van der Waals surface area contributed by atoms with Crippen LogP contribution in [0.1, 0.15) is 21.9 Å². The van der Waals surface area contributed by atoms with Gasteiger partial charge in [0.1, 0.15) is 28.8 Å². The number of rotatable bonds is 5. The molecule has 150 valence electrons. The first-order chi connectivity index (χ1) is 14.1. The molecule has 3 aromatic rings. The first kappa shape index (κ1) is 18.9. The molecule has 0 unspecified atom stereocenters. The summed E-state index contributed by atoms with van der Waals surface area (Å²) >= 11 is 0. The molecule has 1 fully saturated rings. The lowest BCUT2D eigenvalue weighted by Crippen LogP contribution is -2.36. The molecule has 0 spiro atoms. The van der Waals surface area contributed by atoms with Crippen LogP contribution in [0.4, 0.5) is 23.0 Å². The van der Waals surface area contributed by atoms with E-state index in [1.807, 2.05) is 37.3 Å². The maximum Gasteiger partial charge on any atom is 0.260 e. The van der Waals surface area contributed by atoms with Gasteiger partial charge in [0.05, 0.1) is 19.4 Å². The van der Waals surface area contributed by atoms with Crippen LogP contribution in [0.5, 0.6) is 0 Å². The third-order valence-corrected chi connectivity index (χ3v) is 4.57. The van der Waals surface area contributed by atoms with Gasteiger partial charge in [-0.3, -0.25) is 4.79 Å². The van der Waals surface area contributed by atoms with E-state index in [0.29, 0.717) is 36.0 Å². The molecule has 0 bridgehead atoms. The predicted molar refractivity (Wildman–Crippen MR) is 109 cm³/mol. The van der Waals surface area contributed by atoms with E-state index < -0.39 is 0 Å². The highest BCUT2D eigenvalue weighted by atomic mass is 16.5. The zero-order valence-corrected chi connectivity index (χ0v) is 16.3. The van der Waals surface area contributed by atoms with Gasteiger partial charge >= 0.3 is 0 Å². The minimum Gasteiger partial charge on any atom is -0.378 e. The van der Waals surface area contributed by atoms with Crippen LogP contribution in [-0.2, 0) is 4.74 Å². The van der Waals surface area contributed by atoms with E-state index >= 15 is 0 Å². The average molecular weight is 394 g/mol. The number of benzene rings is 1. The van der Waals surface area contributed by atoms with Crippen LogP contribution in [0, 0.1) is 13.8 Å². The van der Waals surface area contributed by atoms with E-state index in [4.69, 9.17) is 9.26 Å². The van der Waals surface area contributed by atoms with Crippen molar-refractivity contribution in [2.75, 3.05) is 41.8 Å². The molecule has 1 saturated heterocycles. The van der Waals surface area contributed by atoms with Gasteiger partial charge in [-0.1, -0.05) is 5.16 Å². The lowest BCUT2D eigenvalue weighted by atomic mass is 10.2.